The Hall–Kier alpha value is -2.47. The number of hydrogen-bond donors (Lipinski definition) is 0. The first kappa shape index (κ1) is 20.4. The van der Waals surface area contributed by atoms with E-state index in [1.54, 1.807) is 0 Å². The summed E-state index contributed by atoms with van der Waals surface area (Å²) in [5.74, 6) is 2.94. The number of piperazine rings is 1. The van der Waals surface area contributed by atoms with Gasteiger partial charge in [0.15, 0.2) is 0 Å². The molecule has 0 spiro atoms. The van der Waals surface area contributed by atoms with Crippen LogP contribution in [0.5, 0.6) is 0 Å². The van der Waals surface area contributed by atoms with Crippen molar-refractivity contribution in [1.82, 2.24) is 14.9 Å². The molecule has 1 fully saturated rings. The second kappa shape index (κ2) is 8.58. The van der Waals surface area contributed by atoms with E-state index in [2.05, 4.69) is 18.7 Å². The molecule has 5 nitrogen and oxygen atoms in total. The van der Waals surface area contributed by atoms with Gasteiger partial charge in [-0.15, -0.1) is 11.3 Å². The van der Waals surface area contributed by atoms with Crippen molar-refractivity contribution >= 4 is 33.3 Å². The van der Waals surface area contributed by atoms with Gasteiger partial charge in [0.05, 0.1) is 5.39 Å². The number of thiophene rings is 1. The van der Waals surface area contributed by atoms with E-state index in [4.69, 9.17) is 9.97 Å². The number of fused-ring (bicyclic) bond motifs is 3. The van der Waals surface area contributed by atoms with Crippen LogP contribution in [0.4, 0.5) is 5.82 Å². The summed E-state index contributed by atoms with van der Waals surface area (Å²) >= 11 is 1.88. The number of carbonyl (C=O) groups is 1. The SMILES string of the molecule is CCCc1nc(N2CCN(C(=O)c3ccccc3)CC2)c2c3c(sc2n1)CC(C)CC3. The highest BCUT2D eigenvalue weighted by Gasteiger charge is 2.28. The highest BCUT2D eigenvalue weighted by atomic mass is 32.1. The molecule has 1 amide bonds. The number of benzene rings is 1. The predicted octanol–water partition coefficient (Wildman–Crippen LogP) is 4.73. The number of hydrogen-bond acceptors (Lipinski definition) is 5. The second-order valence-corrected chi connectivity index (χ2v) is 9.97. The van der Waals surface area contributed by atoms with Crippen molar-refractivity contribution in [3.05, 3.63) is 52.2 Å². The first-order chi connectivity index (χ1) is 15.1. The lowest BCUT2D eigenvalue weighted by Crippen LogP contribution is -2.49. The molecule has 2 aromatic heterocycles. The van der Waals surface area contributed by atoms with Crippen molar-refractivity contribution in [3.8, 4) is 0 Å². The van der Waals surface area contributed by atoms with Crippen LogP contribution < -0.4 is 4.90 Å². The minimum Gasteiger partial charge on any atom is -0.352 e. The highest BCUT2D eigenvalue weighted by molar-refractivity contribution is 7.19. The Morgan fingerprint density at radius 3 is 2.65 bits per heavy atom. The molecule has 1 atom stereocenters. The highest BCUT2D eigenvalue weighted by Crippen LogP contribution is 2.41. The lowest BCUT2D eigenvalue weighted by atomic mass is 9.89. The fourth-order valence-electron chi connectivity index (χ4n) is 4.81. The molecule has 0 saturated carbocycles. The molecule has 0 bridgehead atoms. The maximum Gasteiger partial charge on any atom is 0.253 e. The molecule has 2 aliphatic rings. The van der Waals surface area contributed by atoms with Crippen molar-refractivity contribution in [1.29, 1.82) is 0 Å². The van der Waals surface area contributed by atoms with Crippen LogP contribution in [0.25, 0.3) is 10.2 Å². The Morgan fingerprint density at radius 2 is 1.90 bits per heavy atom. The average molecular weight is 435 g/mol. The van der Waals surface area contributed by atoms with Crippen molar-refractivity contribution in [2.75, 3.05) is 31.1 Å². The van der Waals surface area contributed by atoms with E-state index in [0.29, 0.717) is 0 Å². The summed E-state index contributed by atoms with van der Waals surface area (Å²) in [6, 6.07) is 9.61. The van der Waals surface area contributed by atoms with Crippen LogP contribution in [0.2, 0.25) is 0 Å². The normalized spacial score (nSPS) is 19.0. The van der Waals surface area contributed by atoms with E-state index in [9.17, 15) is 4.79 Å². The Bertz CT molecular complexity index is 1090. The van der Waals surface area contributed by atoms with Gasteiger partial charge in [-0.05, 0) is 49.3 Å². The molecule has 0 radical (unpaired) electrons. The zero-order valence-electron chi connectivity index (χ0n) is 18.4. The van der Waals surface area contributed by atoms with E-state index in [-0.39, 0.29) is 5.91 Å². The Kier molecular flexibility index (Phi) is 5.65. The molecular formula is C25H30N4OS. The summed E-state index contributed by atoms with van der Waals surface area (Å²) < 4.78 is 0. The number of carbonyl (C=O) groups excluding carboxylic acids is 1. The molecule has 31 heavy (non-hydrogen) atoms. The van der Waals surface area contributed by atoms with Crippen molar-refractivity contribution in [2.45, 2.75) is 46.0 Å². The summed E-state index contributed by atoms with van der Waals surface area (Å²) in [7, 11) is 0. The molecule has 1 aromatic carbocycles. The van der Waals surface area contributed by atoms with E-state index >= 15 is 0 Å². The van der Waals surface area contributed by atoms with Crippen molar-refractivity contribution < 1.29 is 4.79 Å². The van der Waals surface area contributed by atoms with Crippen LogP contribution in [-0.4, -0.2) is 47.0 Å². The van der Waals surface area contributed by atoms with Gasteiger partial charge in [0.2, 0.25) is 0 Å². The quantitative estimate of drug-likeness (QED) is 0.596. The van der Waals surface area contributed by atoms with Gasteiger partial charge in [0.1, 0.15) is 16.5 Å². The number of aromatic nitrogens is 2. The summed E-state index contributed by atoms with van der Waals surface area (Å²) in [6.07, 6.45) is 5.50. The van der Waals surface area contributed by atoms with Gasteiger partial charge in [0, 0.05) is 43.0 Å². The van der Waals surface area contributed by atoms with Crippen molar-refractivity contribution in [2.24, 2.45) is 5.92 Å². The van der Waals surface area contributed by atoms with Crippen LogP contribution >= 0.6 is 11.3 Å². The zero-order valence-corrected chi connectivity index (χ0v) is 19.2. The molecule has 1 saturated heterocycles. The number of anilines is 1. The number of nitrogens with zero attached hydrogens (tertiary/aromatic N) is 4. The lowest BCUT2D eigenvalue weighted by Gasteiger charge is -2.36. The largest absolute Gasteiger partial charge is 0.352 e. The molecule has 3 aromatic rings. The topological polar surface area (TPSA) is 49.3 Å². The Labute approximate surface area is 188 Å². The van der Waals surface area contributed by atoms with Crippen molar-refractivity contribution in [3.63, 3.8) is 0 Å². The van der Waals surface area contributed by atoms with Crippen LogP contribution in [-0.2, 0) is 19.3 Å². The number of rotatable bonds is 4. The van der Waals surface area contributed by atoms with E-state index in [0.717, 1.165) is 79.8 Å². The van der Waals surface area contributed by atoms with E-state index < -0.39 is 0 Å². The van der Waals surface area contributed by atoms with Crippen LogP contribution in [0.15, 0.2) is 30.3 Å². The molecule has 162 valence electrons. The summed E-state index contributed by atoms with van der Waals surface area (Å²) in [6.45, 7) is 7.62. The first-order valence-corrected chi connectivity index (χ1v) is 12.4. The third-order valence-electron chi connectivity index (χ3n) is 6.54. The molecular weight excluding hydrogens is 404 g/mol. The Morgan fingerprint density at radius 1 is 1.13 bits per heavy atom. The average Bonchev–Trinajstić information content (AvgIpc) is 3.16. The third-order valence-corrected chi connectivity index (χ3v) is 7.69. The van der Waals surface area contributed by atoms with Gasteiger partial charge in [-0.3, -0.25) is 4.79 Å². The summed E-state index contributed by atoms with van der Waals surface area (Å²) in [5, 5.41) is 1.29. The number of aryl methyl sites for hydroxylation is 2. The monoisotopic (exact) mass is 434 g/mol. The Balaban J connectivity index is 1.44. The maximum atomic E-state index is 12.9. The van der Waals surface area contributed by atoms with Gasteiger partial charge in [-0.2, -0.15) is 0 Å². The van der Waals surface area contributed by atoms with Crippen LogP contribution in [0, 0.1) is 5.92 Å². The molecule has 0 N–H and O–H groups in total. The predicted molar refractivity (Wildman–Crippen MR) is 127 cm³/mol. The van der Waals surface area contributed by atoms with Gasteiger partial charge in [0.25, 0.3) is 5.91 Å². The fourth-order valence-corrected chi connectivity index (χ4v) is 6.21. The molecule has 1 aliphatic carbocycles. The maximum absolute atomic E-state index is 12.9. The second-order valence-electron chi connectivity index (χ2n) is 8.89. The van der Waals surface area contributed by atoms with Crippen LogP contribution in [0.1, 0.15) is 53.3 Å². The first-order valence-electron chi connectivity index (χ1n) is 11.5. The molecule has 1 unspecified atom stereocenters. The van der Waals surface area contributed by atoms with Crippen LogP contribution in [0.3, 0.4) is 0 Å². The van der Waals surface area contributed by atoms with Gasteiger partial charge < -0.3 is 9.80 Å². The summed E-state index contributed by atoms with van der Waals surface area (Å²) in [5.41, 5.74) is 2.26. The number of amides is 1. The van der Waals surface area contributed by atoms with E-state index in [1.807, 2.05) is 46.6 Å². The molecule has 6 heteroatoms. The fraction of sp³-hybridized carbons (Fsp3) is 0.480. The smallest absolute Gasteiger partial charge is 0.253 e. The zero-order chi connectivity index (χ0) is 21.4. The molecule has 1 aliphatic heterocycles. The minimum absolute atomic E-state index is 0.127. The minimum atomic E-state index is 0.127. The van der Waals surface area contributed by atoms with E-state index in [1.165, 1.54) is 22.2 Å². The van der Waals surface area contributed by atoms with Gasteiger partial charge in [-0.1, -0.05) is 32.0 Å². The van der Waals surface area contributed by atoms with Gasteiger partial charge >= 0.3 is 0 Å². The standard InChI is InChI=1S/C25H30N4OS/c1-3-7-21-26-23(22-19-11-10-17(2)16-20(19)31-24(22)27-21)28-12-14-29(15-13-28)25(30)18-8-5-4-6-9-18/h4-6,8-9,17H,3,7,10-16H2,1-2H3. The van der Waals surface area contributed by atoms with Gasteiger partial charge in [-0.25, -0.2) is 9.97 Å². The molecule has 5 rings (SSSR count). The summed E-state index contributed by atoms with van der Waals surface area (Å²) in [4.78, 5) is 29.9. The lowest BCUT2D eigenvalue weighted by molar-refractivity contribution is 0.0746. The third kappa shape index (κ3) is 3.93. The molecule has 3 heterocycles.